The molecule has 2 aromatic heterocycles. The molecule has 0 fully saturated rings. The smallest absolute Gasteiger partial charge is 0.335 e. The Morgan fingerprint density at radius 2 is 2.00 bits per heavy atom. The number of carboxylic acid groups (broad SMARTS) is 1. The summed E-state index contributed by atoms with van der Waals surface area (Å²) in [7, 11) is 0. The van der Waals surface area contributed by atoms with Gasteiger partial charge in [0.2, 0.25) is 0 Å². The van der Waals surface area contributed by atoms with E-state index in [1.165, 1.54) is 6.33 Å². The van der Waals surface area contributed by atoms with Crippen molar-refractivity contribution in [2.24, 2.45) is 0 Å². The van der Waals surface area contributed by atoms with E-state index in [9.17, 15) is 4.79 Å². The monoisotopic (exact) mass is 268 g/mol. The van der Waals surface area contributed by atoms with Crippen LogP contribution in [0, 0.1) is 0 Å². The maximum atomic E-state index is 10.8. The number of aromatic amines is 1. The summed E-state index contributed by atoms with van der Waals surface area (Å²) in [6, 6.07) is 8.65. The maximum Gasteiger partial charge on any atom is 0.335 e. The second-order valence-corrected chi connectivity index (χ2v) is 4.32. The molecule has 3 aromatic rings. The number of nitrogens with zero attached hydrogens (tertiary/aromatic N) is 2. The van der Waals surface area contributed by atoms with Crippen LogP contribution in [-0.4, -0.2) is 26.0 Å². The lowest BCUT2D eigenvalue weighted by Crippen LogP contribution is -2.03. The van der Waals surface area contributed by atoms with Gasteiger partial charge in [-0.1, -0.05) is 12.1 Å². The first-order chi connectivity index (χ1) is 9.74. The number of rotatable bonds is 4. The number of aromatic carboxylic acids is 1. The van der Waals surface area contributed by atoms with Gasteiger partial charge in [-0.25, -0.2) is 14.8 Å². The van der Waals surface area contributed by atoms with Crippen LogP contribution in [0.1, 0.15) is 15.9 Å². The SMILES string of the molecule is O=C(O)c1ccc(CNc2ncnc3[nH]ccc23)cc1. The second-order valence-electron chi connectivity index (χ2n) is 4.32. The number of H-pyrrole nitrogens is 1. The summed E-state index contributed by atoms with van der Waals surface area (Å²) in [5.74, 6) is -0.173. The number of nitrogens with one attached hydrogen (secondary N) is 2. The molecule has 0 aliphatic carbocycles. The van der Waals surface area contributed by atoms with E-state index in [4.69, 9.17) is 5.11 Å². The van der Waals surface area contributed by atoms with Crippen molar-refractivity contribution in [2.45, 2.75) is 6.54 Å². The van der Waals surface area contributed by atoms with E-state index in [0.29, 0.717) is 6.54 Å². The molecule has 0 amide bonds. The van der Waals surface area contributed by atoms with Gasteiger partial charge in [0.15, 0.2) is 0 Å². The third-order valence-electron chi connectivity index (χ3n) is 3.01. The molecule has 6 nitrogen and oxygen atoms in total. The molecule has 0 bridgehead atoms. The average molecular weight is 268 g/mol. The van der Waals surface area contributed by atoms with E-state index in [2.05, 4.69) is 20.3 Å². The molecular weight excluding hydrogens is 256 g/mol. The van der Waals surface area contributed by atoms with Crippen LogP contribution in [0.4, 0.5) is 5.82 Å². The Labute approximate surface area is 114 Å². The number of carbonyl (C=O) groups is 1. The number of hydrogen-bond donors (Lipinski definition) is 3. The van der Waals surface area contributed by atoms with Crippen LogP contribution in [0.5, 0.6) is 0 Å². The molecule has 0 saturated carbocycles. The molecule has 3 N–H and O–H groups in total. The highest BCUT2D eigenvalue weighted by Crippen LogP contribution is 2.18. The molecule has 0 aliphatic rings. The highest BCUT2D eigenvalue weighted by molar-refractivity contribution is 5.88. The molecule has 0 aliphatic heterocycles. The van der Waals surface area contributed by atoms with Crippen LogP contribution in [0.25, 0.3) is 11.0 Å². The van der Waals surface area contributed by atoms with Crippen molar-refractivity contribution in [3.05, 3.63) is 54.0 Å². The van der Waals surface area contributed by atoms with Crippen molar-refractivity contribution in [1.29, 1.82) is 0 Å². The fraction of sp³-hybridized carbons (Fsp3) is 0.0714. The number of aromatic nitrogens is 3. The van der Waals surface area contributed by atoms with Crippen molar-refractivity contribution >= 4 is 22.8 Å². The molecule has 0 saturated heterocycles. The van der Waals surface area contributed by atoms with E-state index < -0.39 is 5.97 Å². The summed E-state index contributed by atoms with van der Waals surface area (Å²) in [4.78, 5) is 22.1. The van der Waals surface area contributed by atoms with E-state index in [0.717, 1.165) is 22.4 Å². The lowest BCUT2D eigenvalue weighted by Gasteiger charge is -2.06. The first-order valence-corrected chi connectivity index (χ1v) is 6.08. The van der Waals surface area contributed by atoms with Crippen LogP contribution >= 0.6 is 0 Å². The number of fused-ring (bicyclic) bond motifs is 1. The van der Waals surface area contributed by atoms with Gasteiger partial charge in [0.05, 0.1) is 10.9 Å². The Morgan fingerprint density at radius 1 is 1.20 bits per heavy atom. The first kappa shape index (κ1) is 12.2. The van der Waals surface area contributed by atoms with Crippen LogP contribution in [-0.2, 0) is 6.54 Å². The quantitative estimate of drug-likeness (QED) is 0.675. The van der Waals surface area contributed by atoms with Gasteiger partial charge in [0.1, 0.15) is 17.8 Å². The molecule has 0 radical (unpaired) electrons. The summed E-state index contributed by atoms with van der Waals surface area (Å²) in [5.41, 5.74) is 2.05. The summed E-state index contributed by atoms with van der Waals surface area (Å²) in [6.07, 6.45) is 3.31. The predicted molar refractivity (Wildman–Crippen MR) is 74.6 cm³/mol. The second kappa shape index (κ2) is 5.00. The predicted octanol–water partition coefficient (Wildman–Crippen LogP) is 2.27. The van der Waals surface area contributed by atoms with Crippen LogP contribution in [0.3, 0.4) is 0 Å². The van der Waals surface area contributed by atoms with Crippen molar-refractivity contribution in [3.63, 3.8) is 0 Å². The molecule has 0 spiro atoms. The fourth-order valence-electron chi connectivity index (χ4n) is 1.96. The third kappa shape index (κ3) is 2.31. The van der Waals surface area contributed by atoms with Gasteiger partial charge in [-0.15, -0.1) is 0 Å². The zero-order chi connectivity index (χ0) is 13.9. The minimum Gasteiger partial charge on any atom is -0.478 e. The van der Waals surface area contributed by atoms with E-state index >= 15 is 0 Å². The number of hydrogen-bond acceptors (Lipinski definition) is 4. The van der Waals surface area contributed by atoms with Crippen molar-refractivity contribution in [3.8, 4) is 0 Å². The Bertz CT molecular complexity index is 749. The molecule has 3 rings (SSSR count). The van der Waals surface area contributed by atoms with Gasteiger partial charge < -0.3 is 15.4 Å². The lowest BCUT2D eigenvalue weighted by atomic mass is 10.1. The van der Waals surface area contributed by atoms with Gasteiger partial charge in [-0.2, -0.15) is 0 Å². The zero-order valence-corrected chi connectivity index (χ0v) is 10.5. The Hall–Kier alpha value is -2.89. The van der Waals surface area contributed by atoms with E-state index in [1.54, 1.807) is 24.3 Å². The van der Waals surface area contributed by atoms with Crippen molar-refractivity contribution in [1.82, 2.24) is 15.0 Å². The van der Waals surface area contributed by atoms with Crippen LogP contribution in [0.15, 0.2) is 42.9 Å². The van der Waals surface area contributed by atoms with Gasteiger partial charge in [-0.3, -0.25) is 0 Å². The third-order valence-corrected chi connectivity index (χ3v) is 3.01. The molecule has 100 valence electrons. The Morgan fingerprint density at radius 3 is 2.75 bits per heavy atom. The normalized spacial score (nSPS) is 10.6. The van der Waals surface area contributed by atoms with E-state index in [1.807, 2.05) is 12.3 Å². The Balaban J connectivity index is 1.76. The largest absolute Gasteiger partial charge is 0.478 e. The molecule has 2 heterocycles. The summed E-state index contributed by atoms with van der Waals surface area (Å²) in [5, 5.41) is 13.0. The molecule has 0 atom stereocenters. The summed E-state index contributed by atoms with van der Waals surface area (Å²) < 4.78 is 0. The summed E-state index contributed by atoms with van der Waals surface area (Å²) >= 11 is 0. The lowest BCUT2D eigenvalue weighted by molar-refractivity contribution is 0.0697. The van der Waals surface area contributed by atoms with Gasteiger partial charge in [0.25, 0.3) is 0 Å². The summed E-state index contributed by atoms with van der Waals surface area (Å²) in [6.45, 7) is 0.567. The van der Waals surface area contributed by atoms with Crippen LogP contribution < -0.4 is 5.32 Å². The maximum absolute atomic E-state index is 10.8. The van der Waals surface area contributed by atoms with Gasteiger partial charge >= 0.3 is 5.97 Å². The topological polar surface area (TPSA) is 90.9 Å². The number of anilines is 1. The molecular formula is C14H12N4O2. The minimum absolute atomic E-state index is 0.281. The minimum atomic E-state index is -0.922. The number of benzene rings is 1. The zero-order valence-electron chi connectivity index (χ0n) is 10.5. The standard InChI is InChI=1S/C14H12N4O2/c19-14(20)10-3-1-9(2-4-10)7-16-13-11-5-6-15-12(11)17-8-18-13/h1-6,8H,7H2,(H,19,20)(H2,15,16,17,18). The van der Waals surface area contributed by atoms with E-state index in [-0.39, 0.29) is 5.56 Å². The highest BCUT2D eigenvalue weighted by Gasteiger charge is 2.05. The molecule has 6 heteroatoms. The Kier molecular flexibility index (Phi) is 3.04. The molecule has 1 aromatic carbocycles. The van der Waals surface area contributed by atoms with Crippen LogP contribution in [0.2, 0.25) is 0 Å². The van der Waals surface area contributed by atoms with Gasteiger partial charge in [-0.05, 0) is 23.8 Å². The van der Waals surface area contributed by atoms with Gasteiger partial charge in [0, 0.05) is 12.7 Å². The number of carboxylic acids is 1. The highest BCUT2D eigenvalue weighted by atomic mass is 16.4. The molecule has 0 unspecified atom stereocenters. The van der Waals surface area contributed by atoms with Crippen molar-refractivity contribution < 1.29 is 9.90 Å². The first-order valence-electron chi connectivity index (χ1n) is 6.08. The fourth-order valence-corrected chi connectivity index (χ4v) is 1.96. The van der Waals surface area contributed by atoms with Crippen molar-refractivity contribution in [2.75, 3.05) is 5.32 Å². The average Bonchev–Trinajstić information content (AvgIpc) is 2.94. The molecule has 20 heavy (non-hydrogen) atoms.